The standard InChI is InChI=1S/C17H27FN2O4S.ClH/c1-12(2)9-15(11-25(18,22)23)20-17(21)16(19)13(3)24-10-14-7-5-4-6-8-14;/h4-8,12-13,15-16H,9-11,19H2,1-3H3,(H,20,21);1H/t13-,15+,16+;/m1./s1. The molecule has 0 radical (unpaired) electrons. The van der Waals surface area contributed by atoms with Gasteiger partial charge in [-0.25, -0.2) is 0 Å². The Labute approximate surface area is 161 Å². The molecule has 0 spiro atoms. The second-order valence-corrected chi connectivity index (χ2v) is 7.98. The SMILES string of the molecule is CC(C)C[C@@H](CS(=O)(=O)F)NC(=O)[C@@H](N)[C@@H](C)OCc1ccccc1.Cl. The summed E-state index contributed by atoms with van der Waals surface area (Å²) >= 11 is 0. The van der Waals surface area contributed by atoms with Crippen LogP contribution in [0.5, 0.6) is 0 Å². The van der Waals surface area contributed by atoms with Crippen molar-refractivity contribution in [3.63, 3.8) is 0 Å². The fraction of sp³-hybridized carbons (Fsp3) is 0.588. The highest BCUT2D eigenvalue weighted by molar-refractivity contribution is 7.86. The molecule has 6 nitrogen and oxygen atoms in total. The van der Waals surface area contributed by atoms with Gasteiger partial charge in [-0.2, -0.15) is 8.42 Å². The summed E-state index contributed by atoms with van der Waals surface area (Å²) in [5.41, 5.74) is 6.83. The summed E-state index contributed by atoms with van der Waals surface area (Å²) in [6, 6.07) is 7.62. The fourth-order valence-corrected chi connectivity index (χ4v) is 3.09. The molecule has 1 rings (SSSR count). The van der Waals surface area contributed by atoms with Gasteiger partial charge in [-0.15, -0.1) is 16.3 Å². The van der Waals surface area contributed by atoms with Crippen molar-refractivity contribution in [2.75, 3.05) is 5.75 Å². The maximum absolute atomic E-state index is 13.0. The normalized spacial score (nSPS) is 15.0. The summed E-state index contributed by atoms with van der Waals surface area (Å²) in [7, 11) is -4.69. The molecule has 0 aliphatic rings. The molecule has 1 aromatic carbocycles. The van der Waals surface area contributed by atoms with E-state index in [1.54, 1.807) is 6.92 Å². The zero-order valence-corrected chi connectivity index (χ0v) is 16.9. The maximum Gasteiger partial charge on any atom is 0.304 e. The topological polar surface area (TPSA) is 98.5 Å². The van der Waals surface area contributed by atoms with Crippen molar-refractivity contribution >= 4 is 28.5 Å². The van der Waals surface area contributed by atoms with E-state index in [9.17, 15) is 17.1 Å². The highest BCUT2D eigenvalue weighted by Gasteiger charge is 2.27. The van der Waals surface area contributed by atoms with Crippen LogP contribution in [-0.2, 0) is 26.4 Å². The molecule has 1 aromatic rings. The molecule has 0 saturated heterocycles. The molecular weight excluding hydrogens is 383 g/mol. The molecule has 0 aliphatic carbocycles. The van der Waals surface area contributed by atoms with Gasteiger partial charge >= 0.3 is 10.2 Å². The van der Waals surface area contributed by atoms with Crippen molar-refractivity contribution in [1.29, 1.82) is 0 Å². The predicted molar refractivity (Wildman–Crippen MR) is 102 cm³/mol. The average Bonchev–Trinajstić information content (AvgIpc) is 2.50. The number of benzene rings is 1. The minimum absolute atomic E-state index is 0. The van der Waals surface area contributed by atoms with E-state index in [4.69, 9.17) is 10.5 Å². The first kappa shape index (κ1) is 24.8. The molecule has 9 heteroatoms. The number of halogens is 2. The van der Waals surface area contributed by atoms with Crippen molar-refractivity contribution in [3.8, 4) is 0 Å². The zero-order valence-electron chi connectivity index (χ0n) is 15.2. The van der Waals surface area contributed by atoms with E-state index in [1.165, 1.54) is 0 Å². The van der Waals surface area contributed by atoms with Gasteiger partial charge in [0.2, 0.25) is 5.91 Å². The van der Waals surface area contributed by atoms with Gasteiger partial charge in [-0.05, 0) is 24.8 Å². The number of amides is 1. The van der Waals surface area contributed by atoms with Gasteiger partial charge in [0.05, 0.1) is 12.7 Å². The summed E-state index contributed by atoms with van der Waals surface area (Å²) in [6.45, 7) is 5.68. The largest absolute Gasteiger partial charge is 0.372 e. The van der Waals surface area contributed by atoms with E-state index >= 15 is 0 Å². The molecular formula is C17H28ClFN2O4S. The van der Waals surface area contributed by atoms with Crippen LogP contribution in [0.2, 0.25) is 0 Å². The third-order valence-electron chi connectivity index (χ3n) is 3.67. The first-order chi connectivity index (χ1) is 11.6. The number of hydrogen-bond donors (Lipinski definition) is 2. The minimum atomic E-state index is -4.69. The molecule has 0 unspecified atom stereocenters. The lowest BCUT2D eigenvalue weighted by molar-refractivity contribution is -0.126. The van der Waals surface area contributed by atoms with Crippen LogP contribution in [0.4, 0.5) is 3.89 Å². The van der Waals surface area contributed by atoms with Gasteiger partial charge in [0, 0.05) is 6.04 Å². The van der Waals surface area contributed by atoms with Crippen LogP contribution >= 0.6 is 12.4 Å². The highest BCUT2D eigenvalue weighted by Crippen LogP contribution is 2.10. The quantitative estimate of drug-likeness (QED) is 0.576. The second kappa shape index (κ2) is 11.5. The Kier molecular flexibility index (Phi) is 10.9. The van der Waals surface area contributed by atoms with E-state index in [1.807, 2.05) is 44.2 Å². The van der Waals surface area contributed by atoms with Gasteiger partial charge in [0.25, 0.3) is 0 Å². The Morgan fingerprint density at radius 3 is 2.31 bits per heavy atom. The van der Waals surface area contributed by atoms with Crippen LogP contribution < -0.4 is 11.1 Å². The van der Waals surface area contributed by atoms with Gasteiger partial charge in [-0.1, -0.05) is 44.2 Å². The summed E-state index contributed by atoms with van der Waals surface area (Å²) in [6.07, 6.45) is -0.247. The molecule has 3 N–H and O–H groups in total. The van der Waals surface area contributed by atoms with Crippen LogP contribution in [0.3, 0.4) is 0 Å². The lowest BCUT2D eigenvalue weighted by Gasteiger charge is -2.24. The van der Waals surface area contributed by atoms with E-state index in [0.29, 0.717) is 13.0 Å². The molecule has 1 amide bonds. The molecule has 0 aliphatic heterocycles. The van der Waals surface area contributed by atoms with E-state index in [2.05, 4.69) is 5.32 Å². The summed E-state index contributed by atoms with van der Waals surface area (Å²) in [5, 5.41) is 2.52. The summed E-state index contributed by atoms with van der Waals surface area (Å²) in [5.74, 6) is -1.23. The van der Waals surface area contributed by atoms with Gasteiger partial charge in [0.1, 0.15) is 11.8 Å². The van der Waals surface area contributed by atoms with Crippen molar-refractivity contribution in [2.24, 2.45) is 11.7 Å². The van der Waals surface area contributed by atoms with Crippen LogP contribution in [0.1, 0.15) is 32.8 Å². The monoisotopic (exact) mass is 410 g/mol. The minimum Gasteiger partial charge on any atom is -0.372 e. The third-order valence-corrected chi connectivity index (χ3v) is 4.47. The average molecular weight is 411 g/mol. The molecule has 150 valence electrons. The van der Waals surface area contributed by atoms with Gasteiger partial charge in [-0.3, -0.25) is 4.79 Å². The lowest BCUT2D eigenvalue weighted by atomic mass is 10.0. The van der Waals surface area contributed by atoms with Crippen molar-refractivity contribution in [2.45, 2.75) is 52.0 Å². The van der Waals surface area contributed by atoms with Crippen LogP contribution in [0, 0.1) is 5.92 Å². The van der Waals surface area contributed by atoms with Crippen molar-refractivity contribution < 1.29 is 21.8 Å². The summed E-state index contributed by atoms with van der Waals surface area (Å²) < 4.78 is 40.4. The smallest absolute Gasteiger partial charge is 0.304 e. The number of rotatable bonds is 10. The van der Waals surface area contributed by atoms with Crippen molar-refractivity contribution in [3.05, 3.63) is 35.9 Å². The molecule has 0 heterocycles. The molecule has 3 atom stereocenters. The Bertz CT molecular complexity index is 643. The molecule has 0 fully saturated rings. The lowest BCUT2D eigenvalue weighted by Crippen LogP contribution is -2.52. The molecule has 0 aromatic heterocycles. The number of carbonyl (C=O) groups excluding carboxylic acids is 1. The van der Waals surface area contributed by atoms with Crippen molar-refractivity contribution in [1.82, 2.24) is 5.32 Å². The maximum atomic E-state index is 13.0. The zero-order chi connectivity index (χ0) is 19.0. The fourth-order valence-electron chi connectivity index (χ4n) is 2.39. The second-order valence-electron chi connectivity index (χ2n) is 6.57. The van der Waals surface area contributed by atoms with Crippen LogP contribution in [0.15, 0.2) is 30.3 Å². The van der Waals surface area contributed by atoms with E-state index in [0.717, 1.165) is 5.56 Å². The van der Waals surface area contributed by atoms with Crippen LogP contribution in [0.25, 0.3) is 0 Å². The van der Waals surface area contributed by atoms with E-state index < -0.39 is 40.1 Å². The third kappa shape index (κ3) is 10.1. The predicted octanol–water partition coefficient (Wildman–Crippen LogP) is 2.17. The Hall–Kier alpha value is -1.22. The number of nitrogens with two attached hydrogens (primary N) is 1. The van der Waals surface area contributed by atoms with Gasteiger partial charge < -0.3 is 15.8 Å². The van der Waals surface area contributed by atoms with Crippen LogP contribution in [-0.4, -0.2) is 38.3 Å². The highest BCUT2D eigenvalue weighted by atomic mass is 35.5. The molecule has 26 heavy (non-hydrogen) atoms. The Morgan fingerprint density at radius 2 is 1.81 bits per heavy atom. The number of ether oxygens (including phenoxy) is 1. The molecule has 0 bridgehead atoms. The van der Waals surface area contributed by atoms with Gasteiger partial charge in [0.15, 0.2) is 0 Å². The first-order valence-corrected chi connectivity index (χ1v) is 9.77. The first-order valence-electron chi connectivity index (χ1n) is 8.22. The van der Waals surface area contributed by atoms with E-state index in [-0.39, 0.29) is 18.3 Å². The summed E-state index contributed by atoms with van der Waals surface area (Å²) in [4.78, 5) is 12.2. The Balaban J connectivity index is 0.00000625. The number of hydrogen-bond acceptors (Lipinski definition) is 5. The Morgan fingerprint density at radius 1 is 1.23 bits per heavy atom. The number of carbonyl (C=O) groups is 1. The number of nitrogens with one attached hydrogen (secondary N) is 1. The molecule has 0 saturated carbocycles.